The van der Waals surface area contributed by atoms with Crippen LogP contribution in [0.4, 0.5) is 0 Å². The molecule has 0 aliphatic heterocycles. The van der Waals surface area contributed by atoms with Gasteiger partial charge in [-0.3, -0.25) is 4.79 Å². The van der Waals surface area contributed by atoms with Crippen LogP contribution in [-0.4, -0.2) is 26.2 Å². The molecule has 0 saturated heterocycles. The van der Waals surface area contributed by atoms with Gasteiger partial charge in [-0.15, -0.1) is 0 Å². The number of nitrogens with one attached hydrogen (secondary N) is 1. The lowest BCUT2D eigenvalue weighted by Crippen LogP contribution is -2.34. The highest BCUT2D eigenvalue weighted by Crippen LogP contribution is 2.28. The van der Waals surface area contributed by atoms with Crippen LogP contribution in [0.15, 0.2) is 0 Å². The van der Waals surface area contributed by atoms with Crippen LogP contribution in [-0.2, 0) is 9.53 Å². The van der Waals surface area contributed by atoms with E-state index in [2.05, 4.69) is 12.2 Å². The van der Waals surface area contributed by atoms with Crippen LogP contribution in [0.3, 0.4) is 0 Å². The molecule has 0 aromatic heterocycles. The minimum absolute atomic E-state index is 0.217. The molecule has 1 aliphatic rings. The zero-order chi connectivity index (χ0) is 10.4. The summed E-state index contributed by atoms with van der Waals surface area (Å²) in [7, 11) is 1.65. The summed E-state index contributed by atoms with van der Waals surface area (Å²) in [4.78, 5) is 11.6. The van der Waals surface area contributed by atoms with Crippen LogP contribution in [0.1, 0.15) is 32.6 Å². The number of carbonyl (C=O) groups excluding carboxylic acids is 1. The summed E-state index contributed by atoms with van der Waals surface area (Å²) in [6, 6.07) is 0. The molecule has 0 spiro atoms. The molecular weight excluding hydrogens is 178 g/mol. The lowest BCUT2D eigenvalue weighted by atomic mass is 9.82. The third-order valence-corrected chi connectivity index (χ3v) is 2.99. The van der Waals surface area contributed by atoms with E-state index < -0.39 is 0 Å². The highest BCUT2D eigenvalue weighted by atomic mass is 16.5. The van der Waals surface area contributed by atoms with E-state index in [9.17, 15) is 4.79 Å². The van der Waals surface area contributed by atoms with Crippen molar-refractivity contribution >= 4 is 5.91 Å². The SMILES string of the molecule is COCCNC(=O)[C@H]1CC[C@H](C)CC1. The molecular formula is C11H21NO2. The predicted molar refractivity (Wildman–Crippen MR) is 56.0 cm³/mol. The Bertz CT molecular complexity index is 174. The summed E-state index contributed by atoms with van der Waals surface area (Å²) in [5.41, 5.74) is 0. The van der Waals surface area contributed by atoms with Crippen molar-refractivity contribution in [3.63, 3.8) is 0 Å². The van der Waals surface area contributed by atoms with Crippen molar-refractivity contribution in [1.82, 2.24) is 5.32 Å². The maximum absolute atomic E-state index is 11.6. The molecule has 1 saturated carbocycles. The van der Waals surface area contributed by atoms with Crippen LogP contribution in [0.5, 0.6) is 0 Å². The molecule has 14 heavy (non-hydrogen) atoms. The first kappa shape index (κ1) is 11.5. The minimum atomic E-state index is 0.217. The third-order valence-electron chi connectivity index (χ3n) is 2.99. The van der Waals surface area contributed by atoms with Gasteiger partial charge < -0.3 is 10.1 Å². The molecule has 82 valence electrons. The second-order valence-corrected chi connectivity index (χ2v) is 4.24. The van der Waals surface area contributed by atoms with E-state index in [0.29, 0.717) is 13.2 Å². The number of ether oxygens (including phenoxy) is 1. The summed E-state index contributed by atoms with van der Waals surface area (Å²) in [6.07, 6.45) is 4.50. The van der Waals surface area contributed by atoms with Crippen molar-refractivity contribution in [2.24, 2.45) is 11.8 Å². The van der Waals surface area contributed by atoms with Crippen LogP contribution in [0.2, 0.25) is 0 Å². The van der Waals surface area contributed by atoms with Gasteiger partial charge in [0.05, 0.1) is 6.61 Å². The van der Waals surface area contributed by atoms with Gasteiger partial charge in [0.1, 0.15) is 0 Å². The molecule has 0 heterocycles. The van der Waals surface area contributed by atoms with Gasteiger partial charge in [0.15, 0.2) is 0 Å². The molecule has 1 rings (SSSR count). The van der Waals surface area contributed by atoms with E-state index >= 15 is 0 Å². The Morgan fingerprint density at radius 3 is 2.57 bits per heavy atom. The standard InChI is InChI=1S/C11H21NO2/c1-9-3-5-10(6-4-9)11(13)12-7-8-14-2/h9-10H,3-8H2,1-2H3,(H,12,13)/t9-,10-. The molecule has 1 fully saturated rings. The van der Waals surface area contributed by atoms with E-state index in [4.69, 9.17) is 4.74 Å². The van der Waals surface area contributed by atoms with Crippen molar-refractivity contribution < 1.29 is 9.53 Å². The normalized spacial score (nSPS) is 27.3. The maximum Gasteiger partial charge on any atom is 0.223 e. The smallest absolute Gasteiger partial charge is 0.223 e. The van der Waals surface area contributed by atoms with E-state index in [1.807, 2.05) is 0 Å². The molecule has 3 heteroatoms. The quantitative estimate of drug-likeness (QED) is 0.698. The van der Waals surface area contributed by atoms with Gasteiger partial charge in [-0.05, 0) is 31.6 Å². The largest absolute Gasteiger partial charge is 0.383 e. The van der Waals surface area contributed by atoms with Gasteiger partial charge in [-0.1, -0.05) is 6.92 Å². The van der Waals surface area contributed by atoms with E-state index in [1.165, 1.54) is 12.8 Å². The van der Waals surface area contributed by atoms with Crippen LogP contribution in [0, 0.1) is 11.8 Å². The second-order valence-electron chi connectivity index (χ2n) is 4.24. The number of hydrogen-bond donors (Lipinski definition) is 1. The Morgan fingerprint density at radius 1 is 1.36 bits per heavy atom. The molecule has 0 aromatic rings. The van der Waals surface area contributed by atoms with Crippen LogP contribution >= 0.6 is 0 Å². The van der Waals surface area contributed by atoms with E-state index in [1.54, 1.807) is 7.11 Å². The van der Waals surface area contributed by atoms with Crippen molar-refractivity contribution in [3.8, 4) is 0 Å². The van der Waals surface area contributed by atoms with Crippen molar-refractivity contribution in [3.05, 3.63) is 0 Å². The fourth-order valence-corrected chi connectivity index (χ4v) is 1.94. The summed E-state index contributed by atoms with van der Waals surface area (Å²) in [5, 5.41) is 2.90. The Kier molecular flexibility index (Phi) is 4.94. The van der Waals surface area contributed by atoms with Gasteiger partial charge in [-0.25, -0.2) is 0 Å². The van der Waals surface area contributed by atoms with Gasteiger partial charge in [-0.2, -0.15) is 0 Å². The molecule has 1 N–H and O–H groups in total. The Hall–Kier alpha value is -0.570. The summed E-state index contributed by atoms with van der Waals surface area (Å²) >= 11 is 0. The topological polar surface area (TPSA) is 38.3 Å². The summed E-state index contributed by atoms with van der Waals surface area (Å²) < 4.78 is 4.88. The first-order chi connectivity index (χ1) is 6.74. The fraction of sp³-hybridized carbons (Fsp3) is 0.909. The van der Waals surface area contributed by atoms with Crippen molar-refractivity contribution in [1.29, 1.82) is 0 Å². The lowest BCUT2D eigenvalue weighted by molar-refractivity contribution is -0.126. The average Bonchev–Trinajstić information content (AvgIpc) is 2.19. The number of hydrogen-bond acceptors (Lipinski definition) is 2. The van der Waals surface area contributed by atoms with E-state index in [0.717, 1.165) is 18.8 Å². The Labute approximate surface area is 86.2 Å². The molecule has 0 bridgehead atoms. The Morgan fingerprint density at radius 2 is 2.00 bits per heavy atom. The molecule has 3 nitrogen and oxygen atoms in total. The summed E-state index contributed by atoms with van der Waals surface area (Å²) in [5.74, 6) is 1.27. The van der Waals surface area contributed by atoms with Crippen LogP contribution in [0.25, 0.3) is 0 Å². The molecule has 0 atom stereocenters. The first-order valence-electron chi connectivity index (χ1n) is 5.50. The number of amides is 1. The average molecular weight is 199 g/mol. The molecule has 1 amide bonds. The number of rotatable bonds is 4. The zero-order valence-corrected chi connectivity index (χ0v) is 9.21. The predicted octanol–water partition coefficient (Wildman–Crippen LogP) is 1.58. The molecule has 1 aliphatic carbocycles. The van der Waals surface area contributed by atoms with Gasteiger partial charge in [0.25, 0.3) is 0 Å². The minimum Gasteiger partial charge on any atom is -0.383 e. The highest BCUT2D eigenvalue weighted by Gasteiger charge is 2.23. The molecule has 0 unspecified atom stereocenters. The van der Waals surface area contributed by atoms with Gasteiger partial charge in [0, 0.05) is 19.6 Å². The maximum atomic E-state index is 11.6. The van der Waals surface area contributed by atoms with Crippen LogP contribution < -0.4 is 5.32 Å². The lowest BCUT2D eigenvalue weighted by Gasteiger charge is -2.25. The second kappa shape index (κ2) is 6.02. The molecule has 0 radical (unpaired) electrons. The monoisotopic (exact) mass is 199 g/mol. The highest BCUT2D eigenvalue weighted by molar-refractivity contribution is 5.78. The van der Waals surface area contributed by atoms with E-state index in [-0.39, 0.29) is 11.8 Å². The van der Waals surface area contributed by atoms with Gasteiger partial charge >= 0.3 is 0 Å². The van der Waals surface area contributed by atoms with Crippen molar-refractivity contribution in [2.45, 2.75) is 32.6 Å². The molecule has 0 aromatic carbocycles. The van der Waals surface area contributed by atoms with Crippen molar-refractivity contribution in [2.75, 3.05) is 20.3 Å². The first-order valence-corrected chi connectivity index (χ1v) is 5.50. The number of carbonyl (C=O) groups is 1. The summed E-state index contributed by atoms with van der Waals surface area (Å²) in [6.45, 7) is 3.51. The Balaban J connectivity index is 2.17. The number of methoxy groups -OCH3 is 1. The van der Waals surface area contributed by atoms with Gasteiger partial charge in [0.2, 0.25) is 5.91 Å². The third kappa shape index (κ3) is 3.66. The zero-order valence-electron chi connectivity index (χ0n) is 9.21. The fourth-order valence-electron chi connectivity index (χ4n) is 1.94.